The molecule has 39 heavy (non-hydrogen) atoms. The molecule has 2 aromatic carbocycles. The summed E-state index contributed by atoms with van der Waals surface area (Å²) < 4.78 is 42.8. The average Bonchev–Trinajstić information content (AvgIpc) is 2.92. The fraction of sp³-hybridized carbons (Fsp3) is 0.323. The monoisotopic (exact) mass is 533 g/mol. The smallest absolute Gasteiger partial charge is 0.372 e. The predicted molar refractivity (Wildman–Crippen MR) is 147 cm³/mol. The molecule has 0 unspecified atom stereocenters. The number of Topliss-reactive ketones (excluding diaryl/α,β-unsaturated/α-hetero) is 1. The van der Waals surface area contributed by atoms with E-state index in [4.69, 9.17) is 0 Å². The first-order chi connectivity index (χ1) is 18.5. The van der Waals surface area contributed by atoms with Crippen molar-refractivity contribution in [2.24, 2.45) is 7.05 Å². The van der Waals surface area contributed by atoms with Crippen LogP contribution in [0.1, 0.15) is 52.0 Å². The lowest BCUT2D eigenvalue weighted by atomic mass is 9.94. The molecule has 0 bridgehead atoms. The Balaban J connectivity index is 1.51. The van der Waals surface area contributed by atoms with Crippen LogP contribution in [0.2, 0.25) is 0 Å². The molecule has 0 N–H and O–H groups in total. The molecule has 1 fully saturated rings. The Morgan fingerprint density at radius 1 is 0.949 bits per heavy atom. The molecule has 3 heterocycles. The molecule has 5 rings (SSSR count). The molecule has 0 spiro atoms. The van der Waals surface area contributed by atoms with Crippen LogP contribution in [0.15, 0.2) is 59.5 Å². The number of halogens is 3. The summed E-state index contributed by atoms with van der Waals surface area (Å²) in [5.74, 6) is -0.403. The average molecular weight is 534 g/mol. The van der Waals surface area contributed by atoms with Gasteiger partial charge >= 0.3 is 6.18 Å². The largest absolute Gasteiger partial charge is 0.416 e. The van der Waals surface area contributed by atoms with Gasteiger partial charge in [-0.15, -0.1) is 0 Å². The molecule has 202 valence electrons. The molecule has 0 atom stereocenters. The highest BCUT2D eigenvalue weighted by Crippen LogP contribution is 2.34. The number of nitrogens with zero attached hydrogens (tertiary/aromatic N) is 3. The van der Waals surface area contributed by atoms with E-state index in [-0.39, 0.29) is 17.5 Å². The van der Waals surface area contributed by atoms with Crippen LogP contribution >= 0.6 is 0 Å². The number of hydrogen-bond donors (Lipinski definition) is 0. The number of hydrogen-bond acceptors (Lipinski definition) is 4. The fourth-order valence-corrected chi connectivity index (χ4v) is 5.29. The molecular weight excluding hydrogens is 503 g/mol. The predicted octanol–water partition coefficient (Wildman–Crippen LogP) is 6.65. The van der Waals surface area contributed by atoms with Gasteiger partial charge in [0.15, 0.2) is 5.78 Å². The number of rotatable bonds is 5. The third-order valence-corrected chi connectivity index (χ3v) is 7.49. The van der Waals surface area contributed by atoms with Gasteiger partial charge in [0.05, 0.1) is 11.1 Å². The van der Waals surface area contributed by atoms with Crippen LogP contribution in [0.5, 0.6) is 0 Å². The molecule has 0 saturated carbocycles. The van der Waals surface area contributed by atoms with Gasteiger partial charge < -0.3 is 9.47 Å². The summed E-state index contributed by atoms with van der Waals surface area (Å²) in [6, 6.07) is 12.7. The maximum Gasteiger partial charge on any atom is 0.416 e. The van der Waals surface area contributed by atoms with E-state index in [0.29, 0.717) is 35.5 Å². The zero-order chi connectivity index (χ0) is 27.9. The molecule has 2 aromatic heterocycles. The van der Waals surface area contributed by atoms with Gasteiger partial charge in [0.1, 0.15) is 0 Å². The highest BCUT2D eigenvalue weighted by molar-refractivity contribution is 5.99. The van der Waals surface area contributed by atoms with E-state index in [2.05, 4.69) is 4.98 Å². The molecule has 0 radical (unpaired) electrons. The minimum atomic E-state index is -4.55. The van der Waals surface area contributed by atoms with Crippen LogP contribution in [0.25, 0.3) is 22.0 Å². The number of benzene rings is 2. The first-order valence-corrected chi connectivity index (χ1v) is 13.1. The number of carbonyl (C=O) groups is 1. The lowest BCUT2D eigenvalue weighted by Crippen LogP contribution is -2.30. The summed E-state index contributed by atoms with van der Waals surface area (Å²) in [5.41, 5.74) is 3.70. The van der Waals surface area contributed by atoms with Crippen LogP contribution < -0.4 is 10.5 Å². The molecule has 1 saturated heterocycles. The zero-order valence-corrected chi connectivity index (χ0v) is 22.2. The first-order valence-electron chi connectivity index (χ1n) is 13.1. The molecule has 1 aliphatic rings. The molecule has 8 heteroatoms. The Morgan fingerprint density at radius 2 is 1.69 bits per heavy atom. The van der Waals surface area contributed by atoms with Crippen molar-refractivity contribution in [3.05, 3.63) is 93.0 Å². The van der Waals surface area contributed by atoms with Crippen LogP contribution in [0.3, 0.4) is 0 Å². The summed E-state index contributed by atoms with van der Waals surface area (Å²) in [6.45, 7) is 5.09. The van der Waals surface area contributed by atoms with Crippen molar-refractivity contribution in [2.75, 3.05) is 18.0 Å². The summed E-state index contributed by atoms with van der Waals surface area (Å²) >= 11 is 0. The first kappa shape index (κ1) is 26.7. The summed E-state index contributed by atoms with van der Waals surface area (Å²) in [6.07, 6.45) is -0.0352. The van der Waals surface area contributed by atoms with Gasteiger partial charge in [-0.05, 0) is 80.1 Å². The molecular formula is C31H30F3N3O2. The Morgan fingerprint density at radius 3 is 2.41 bits per heavy atom. The molecule has 0 aliphatic carbocycles. The quantitative estimate of drug-likeness (QED) is 0.270. The van der Waals surface area contributed by atoms with Crippen molar-refractivity contribution in [1.82, 2.24) is 9.55 Å². The number of piperidine rings is 1. The van der Waals surface area contributed by atoms with Gasteiger partial charge in [0, 0.05) is 60.6 Å². The third-order valence-electron chi connectivity index (χ3n) is 7.49. The van der Waals surface area contributed by atoms with Gasteiger partial charge in [0.25, 0.3) is 5.56 Å². The Labute approximate surface area is 224 Å². The van der Waals surface area contributed by atoms with E-state index < -0.39 is 17.5 Å². The van der Waals surface area contributed by atoms with Crippen LogP contribution in [-0.2, 0) is 19.6 Å². The van der Waals surface area contributed by atoms with Crippen LogP contribution in [-0.4, -0.2) is 28.4 Å². The van der Waals surface area contributed by atoms with Crippen molar-refractivity contribution in [2.45, 2.75) is 45.7 Å². The number of pyridine rings is 2. The number of fused-ring (bicyclic) bond motifs is 1. The number of aromatic nitrogens is 2. The van der Waals surface area contributed by atoms with E-state index in [1.54, 1.807) is 42.1 Å². The summed E-state index contributed by atoms with van der Waals surface area (Å²) in [7, 11) is 1.71. The highest BCUT2D eigenvalue weighted by atomic mass is 19.4. The van der Waals surface area contributed by atoms with Crippen molar-refractivity contribution < 1.29 is 18.0 Å². The topological polar surface area (TPSA) is 55.2 Å². The number of alkyl halides is 3. The van der Waals surface area contributed by atoms with Crippen molar-refractivity contribution in [3.8, 4) is 11.1 Å². The number of aryl methyl sites for hydroxylation is 3. The molecule has 4 aromatic rings. The molecule has 1 aliphatic heterocycles. The second kappa shape index (κ2) is 10.3. The zero-order valence-electron chi connectivity index (χ0n) is 22.2. The normalized spacial score (nSPS) is 14.2. The summed E-state index contributed by atoms with van der Waals surface area (Å²) in [4.78, 5) is 32.9. The van der Waals surface area contributed by atoms with Crippen molar-refractivity contribution >= 4 is 22.4 Å². The van der Waals surface area contributed by atoms with Gasteiger partial charge in [0.2, 0.25) is 0 Å². The third kappa shape index (κ3) is 5.46. The molecule has 0 amide bonds. The lowest BCUT2D eigenvalue weighted by molar-refractivity contribution is -0.137. The van der Waals surface area contributed by atoms with E-state index in [1.807, 2.05) is 30.9 Å². The van der Waals surface area contributed by atoms with Crippen LogP contribution in [0.4, 0.5) is 18.9 Å². The number of anilines is 1. The minimum absolute atomic E-state index is 0.0376. The van der Waals surface area contributed by atoms with Crippen molar-refractivity contribution in [1.29, 1.82) is 0 Å². The van der Waals surface area contributed by atoms with Gasteiger partial charge in [-0.3, -0.25) is 14.6 Å². The summed E-state index contributed by atoms with van der Waals surface area (Å²) in [5, 5.41) is 0.813. The van der Waals surface area contributed by atoms with E-state index in [9.17, 15) is 22.8 Å². The van der Waals surface area contributed by atoms with E-state index >= 15 is 0 Å². The highest BCUT2D eigenvalue weighted by Gasteiger charge is 2.32. The maximum absolute atomic E-state index is 13.7. The number of carbonyl (C=O) groups excluding carboxylic acids is 1. The van der Waals surface area contributed by atoms with Gasteiger partial charge in [-0.1, -0.05) is 18.2 Å². The SMILES string of the molecule is Cc1cc2c(cn1)cc(-c1cc(CC(=O)c3cc(N4CCCCC4)cc(C(F)(F)F)c3)ccc1C)c(=O)n2C. The van der Waals surface area contributed by atoms with E-state index in [1.165, 1.54) is 0 Å². The Hall–Kier alpha value is -3.94. The second-order valence-electron chi connectivity index (χ2n) is 10.4. The maximum atomic E-state index is 13.7. The second-order valence-corrected chi connectivity index (χ2v) is 10.4. The lowest BCUT2D eigenvalue weighted by Gasteiger charge is -2.29. The van der Waals surface area contributed by atoms with Crippen LogP contribution in [0, 0.1) is 13.8 Å². The fourth-order valence-electron chi connectivity index (χ4n) is 5.29. The Bertz CT molecular complexity index is 1630. The minimum Gasteiger partial charge on any atom is -0.372 e. The van der Waals surface area contributed by atoms with E-state index in [0.717, 1.165) is 53.6 Å². The van der Waals surface area contributed by atoms with Crippen molar-refractivity contribution in [3.63, 3.8) is 0 Å². The standard InChI is InChI=1S/C31H30F3N3O2/c1-19-7-8-21(12-26(19)27-16-23-18-35-20(2)11-28(23)36(3)30(27)39)13-29(38)22-14-24(31(32,33)34)17-25(15-22)37-9-5-4-6-10-37/h7-8,11-12,14-18H,4-6,9-10,13H2,1-3H3. The Kier molecular flexibility index (Phi) is 7.05. The van der Waals surface area contributed by atoms with Gasteiger partial charge in [-0.2, -0.15) is 13.2 Å². The number of ketones is 1. The van der Waals surface area contributed by atoms with Gasteiger partial charge in [-0.25, -0.2) is 0 Å². The molecule has 5 nitrogen and oxygen atoms in total.